The number of aromatic nitrogens is 2. The summed E-state index contributed by atoms with van der Waals surface area (Å²) in [6.07, 6.45) is 2.89. The topological polar surface area (TPSA) is 107 Å². The van der Waals surface area contributed by atoms with E-state index in [0.29, 0.717) is 6.54 Å². The summed E-state index contributed by atoms with van der Waals surface area (Å²) in [5.41, 5.74) is -2.36. The maximum Gasteiger partial charge on any atom is 0.353 e. The summed E-state index contributed by atoms with van der Waals surface area (Å²) in [4.78, 5) is 25.4. The van der Waals surface area contributed by atoms with Crippen molar-refractivity contribution >= 4 is 5.97 Å². The van der Waals surface area contributed by atoms with Crippen LogP contribution in [0.1, 0.15) is 19.7 Å². The zero-order valence-corrected chi connectivity index (χ0v) is 10.2. The molecule has 8 heteroatoms. The highest BCUT2D eigenvalue weighted by Crippen LogP contribution is 2.22. The monoisotopic (exact) mass is 257 g/mol. The summed E-state index contributed by atoms with van der Waals surface area (Å²) in [7, 11) is 0. The zero-order valence-electron chi connectivity index (χ0n) is 10.2. The Morgan fingerprint density at radius 3 is 2.83 bits per heavy atom. The Balaban J connectivity index is 3.19. The maximum atomic E-state index is 11.7. The number of aliphatic hydroxyl groups is 1. The molecule has 0 aliphatic heterocycles. The van der Waals surface area contributed by atoms with Crippen molar-refractivity contribution in [1.82, 2.24) is 9.55 Å². The molecule has 0 spiro atoms. The Morgan fingerprint density at radius 2 is 2.33 bits per heavy atom. The van der Waals surface area contributed by atoms with E-state index in [4.69, 9.17) is 0 Å². The number of hydrogen-bond donors (Lipinski definition) is 1. The van der Waals surface area contributed by atoms with Gasteiger partial charge in [-0.25, -0.2) is 9.78 Å². The second-order valence-corrected chi connectivity index (χ2v) is 3.61. The van der Waals surface area contributed by atoms with Crippen molar-refractivity contribution in [1.29, 1.82) is 0 Å². The lowest BCUT2D eigenvalue weighted by Crippen LogP contribution is -2.45. The number of carbonyl (C=O) groups excluding carboxylic acids is 1. The molecule has 8 nitrogen and oxygen atoms in total. The number of aryl methyl sites for hydroxylation is 1. The van der Waals surface area contributed by atoms with E-state index in [9.17, 15) is 20.0 Å². The Bertz CT molecular complexity index is 444. The molecule has 1 atom stereocenters. The van der Waals surface area contributed by atoms with Gasteiger partial charge in [-0.15, -0.1) is 0 Å². The SMILES string of the molecule is CCOC(=O)C(O)(C[N+](=O)[O-])c1nccn1CC. The summed E-state index contributed by atoms with van der Waals surface area (Å²) in [5.74, 6) is -1.15. The van der Waals surface area contributed by atoms with E-state index in [2.05, 4.69) is 9.72 Å². The van der Waals surface area contributed by atoms with Gasteiger partial charge in [0.25, 0.3) is 12.1 Å². The maximum absolute atomic E-state index is 11.7. The van der Waals surface area contributed by atoms with Gasteiger partial charge in [0.1, 0.15) is 0 Å². The molecule has 1 N–H and O–H groups in total. The standard InChI is InChI=1S/C10H15N3O5/c1-3-12-6-5-11-8(12)10(15,7-13(16)17)9(14)18-4-2/h5-6,15H,3-4,7H2,1-2H3. The van der Waals surface area contributed by atoms with Crippen LogP contribution in [-0.2, 0) is 21.7 Å². The third kappa shape index (κ3) is 2.65. The minimum atomic E-state index is -2.36. The summed E-state index contributed by atoms with van der Waals surface area (Å²) in [5, 5.41) is 20.9. The first kappa shape index (κ1) is 14.1. The Labute approximate surface area is 103 Å². The Hall–Kier alpha value is -1.96. The van der Waals surface area contributed by atoms with Crippen molar-refractivity contribution in [2.75, 3.05) is 13.2 Å². The second kappa shape index (κ2) is 5.58. The van der Waals surface area contributed by atoms with Crippen LogP contribution < -0.4 is 0 Å². The molecule has 18 heavy (non-hydrogen) atoms. The van der Waals surface area contributed by atoms with Crippen molar-refractivity contribution < 1.29 is 19.6 Å². The van der Waals surface area contributed by atoms with Crippen LogP contribution in [-0.4, -0.2) is 38.7 Å². The Morgan fingerprint density at radius 1 is 1.67 bits per heavy atom. The zero-order chi connectivity index (χ0) is 13.8. The van der Waals surface area contributed by atoms with E-state index in [1.807, 2.05) is 0 Å². The van der Waals surface area contributed by atoms with Crippen molar-refractivity contribution in [3.63, 3.8) is 0 Å². The molecule has 0 amide bonds. The number of hydrogen-bond acceptors (Lipinski definition) is 6. The fraction of sp³-hybridized carbons (Fsp3) is 0.600. The molecule has 0 radical (unpaired) electrons. The van der Waals surface area contributed by atoms with Crippen molar-refractivity contribution in [2.24, 2.45) is 0 Å². The molecule has 1 heterocycles. The van der Waals surface area contributed by atoms with E-state index in [-0.39, 0.29) is 12.4 Å². The summed E-state index contributed by atoms with van der Waals surface area (Å²) in [6, 6.07) is 0. The van der Waals surface area contributed by atoms with Crippen LogP contribution in [0.4, 0.5) is 0 Å². The molecular weight excluding hydrogens is 242 g/mol. The van der Waals surface area contributed by atoms with Gasteiger partial charge in [-0.3, -0.25) is 10.1 Å². The smallest absolute Gasteiger partial charge is 0.353 e. The number of carbonyl (C=O) groups is 1. The minimum Gasteiger partial charge on any atom is -0.463 e. The van der Waals surface area contributed by atoms with Crippen LogP contribution in [0.3, 0.4) is 0 Å². The number of nitrogens with zero attached hydrogens (tertiary/aromatic N) is 3. The molecule has 0 saturated carbocycles. The molecule has 1 unspecified atom stereocenters. The lowest BCUT2D eigenvalue weighted by Gasteiger charge is -2.21. The van der Waals surface area contributed by atoms with Crippen LogP contribution in [0.2, 0.25) is 0 Å². The predicted molar refractivity (Wildman–Crippen MR) is 60.3 cm³/mol. The quantitative estimate of drug-likeness (QED) is 0.434. The predicted octanol–water partition coefficient (Wildman–Crippen LogP) is -0.0696. The number of esters is 1. The first-order valence-corrected chi connectivity index (χ1v) is 5.48. The van der Waals surface area contributed by atoms with Crippen LogP contribution in [0.5, 0.6) is 0 Å². The van der Waals surface area contributed by atoms with Crippen molar-refractivity contribution in [2.45, 2.75) is 26.0 Å². The van der Waals surface area contributed by atoms with Crippen molar-refractivity contribution in [3.05, 3.63) is 28.3 Å². The molecule has 1 aromatic heterocycles. The van der Waals surface area contributed by atoms with Crippen molar-refractivity contribution in [3.8, 4) is 0 Å². The largest absolute Gasteiger partial charge is 0.463 e. The van der Waals surface area contributed by atoms with Gasteiger partial charge < -0.3 is 14.4 Å². The molecular formula is C10H15N3O5. The lowest BCUT2D eigenvalue weighted by molar-refractivity contribution is -0.499. The van der Waals surface area contributed by atoms with E-state index in [1.54, 1.807) is 13.8 Å². The minimum absolute atomic E-state index is 0.0195. The average molecular weight is 257 g/mol. The highest BCUT2D eigenvalue weighted by molar-refractivity contribution is 5.80. The third-order valence-electron chi connectivity index (χ3n) is 2.40. The normalized spacial score (nSPS) is 13.9. The van der Waals surface area contributed by atoms with E-state index < -0.39 is 23.0 Å². The molecule has 0 aliphatic carbocycles. The van der Waals surface area contributed by atoms with Crippen LogP contribution in [0.25, 0.3) is 0 Å². The third-order valence-corrected chi connectivity index (χ3v) is 2.40. The molecule has 1 rings (SSSR count). The van der Waals surface area contributed by atoms with E-state index >= 15 is 0 Å². The van der Waals surface area contributed by atoms with Gasteiger partial charge in [-0.05, 0) is 13.8 Å². The van der Waals surface area contributed by atoms with Gasteiger partial charge in [0.15, 0.2) is 5.82 Å². The summed E-state index contributed by atoms with van der Waals surface area (Å²) in [6.45, 7) is 2.78. The fourth-order valence-corrected chi connectivity index (χ4v) is 1.59. The van der Waals surface area contributed by atoms with Gasteiger partial charge in [0.05, 0.1) is 6.61 Å². The summed E-state index contributed by atoms with van der Waals surface area (Å²) < 4.78 is 6.14. The molecule has 100 valence electrons. The lowest BCUT2D eigenvalue weighted by atomic mass is 10.0. The van der Waals surface area contributed by atoms with Crippen LogP contribution in [0, 0.1) is 10.1 Å². The molecule has 0 aromatic carbocycles. The number of nitro groups is 1. The highest BCUT2D eigenvalue weighted by atomic mass is 16.6. The van der Waals surface area contributed by atoms with Gasteiger partial charge in [0, 0.05) is 23.9 Å². The summed E-state index contributed by atoms with van der Waals surface area (Å²) >= 11 is 0. The average Bonchev–Trinajstić information content (AvgIpc) is 2.76. The van der Waals surface area contributed by atoms with Crippen LogP contribution in [0.15, 0.2) is 12.4 Å². The van der Waals surface area contributed by atoms with Gasteiger partial charge in [-0.1, -0.05) is 0 Å². The Kier molecular flexibility index (Phi) is 4.38. The van der Waals surface area contributed by atoms with Crippen LogP contribution >= 0.6 is 0 Å². The van der Waals surface area contributed by atoms with Gasteiger partial charge in [0.2, 0.25) is 0 Å². The van der Waals surface area contributed by atoms with Gasteiger partial charge >= 0.3 is 5.97 Å². The fourth-order valence-electron chi connectivity index (χ4n) is 1.59. The molecule has 1 aromatic rings. The first-order chi connectivity index (χ1) is 8.45. The number of imidazole rings is 1. The molecule has 0 fully saturated rings. The number of ether oxygens (including phenoxy) is 1. The number of rotatable bonds is 6. The molecule has 0 bridgehead atoms. The molecule has 0 saturated heterocycles. The molecule has 0 aliphatic rings. The van der Waals surface area contributed by atoms with Gasteiger partial charge in [-0.2, -0.15) is 0 Å². The van der Waals surface area contributed by atoms with E-state index in [1.165, 1.54) is 17.0 Å². The first-order valence-electron chi connectivity index (χ1n) is 5.48. The second-order valence-electron chi connectivity index (χ2n) is 3.61. The van der Waals surface area contributed by atoms with E-state index in [0.717, 1.165) is 0 Å². The highest BCUT2D eigenvalue weighted by Gasteiger charge is 2.48.